The van der Waals surface area contributed by atoms with Gasteiger partial charge in [-0.15, -0.1) is 11.8 Å². The largest absolute Gasteiger partial charge is 0.399 e. The van der Waals surface area contributed by atoms with E-state index >= 15 is 0 Å². The Hall–Kier alpha value is -2.14. The average Bonchev–Trinajstić information content (AvgIpc) is 2.39. The van der Waals surface area contributed by atoms with E-state index < -0.39 is 0 Å². The molecule has 2 aromatic rings. The molecule has 0 saturated carbocycles. The third-order valence-corrected chi connectivity index (χ3v) is 3.47. The first kappa shape index (κ1) is 13.3. The Morgan fingerprint density at radius 2 is 1.89 bits per heavy atom. The zero-order chi connectivity index (χ0) is 13.8. The first-order valence-electron chi connectivity index (χ1n) is 5.71. The number of carbonyl (C=O) groups is 1. The van der Waals surface area contributed by atoms with Gasteiger partial charge in [0, 0.05) is 16.3 Å². The molecule has 1 amide bonds. The van der Waals surface area contributed by atoms with E-state index in [1.807, 2.05) is 30.5 Å². The highest BCUT2D eigenvalue weighted by Gasteiger charge is 2.11. The summed E-state index contributed by atoms with van der Waals surface area (Å²) in [4.78, 5) is 13.2. The molecule has 5 N–H and O–H groups in total. The van der Waals surface area contributed by atoms with Crippen LogP contribution in [0.3, 0.4) is 0 Å². The second-order valence-corrected chi connectivity index (χ2v) is 4.85. The Bertz CT molecular complexity index is 613. The lowest BCUT2D eigenvalue weighted by atomic mass is 10.1. The molecule has 0 fully saturated rings. The molecule has 0 saturated heterocycles. The Balaban J connectivity index is 2.26. The lowest BCUT2D eigenvalue weighted by molar-refractivity contribution is 0.102. The van der Waals surface area contributed by atoms with Gasteiger partial charge in [-0.05, 0) is 36.6 Å². The van der Waals surface area contributed by atoms with Crippen LogP contribution >= 0.6 is 11.8 Å². The van der Waals surface area contributed by atoms with Gasteiger partial charge in [0.2, 0.25) is 0 Å². The number of hydrogen-bond acceptors (Lipinski definition) is 4. The van der Waals surface area contributed by atoms with E-state index in [4.69, 9.17) is 11.5 Å². The smallest absolute Gasteiger partial charge is 0.257 e. The third-order valence-electron chi connectivity index (χ3n) is 2.68. The SMILES string of the molecule is CSc1ccccc1NC(=O)c1ccc(N)cc1N. The van der Waals surface area contributed by atoms with Crippen molar-refractivity contribution in [1.82, 2.24) is 0 Å². The average molecular weight is 273 g/mol. The van der Waals surface area contributed by atoms with E-state index in [-0.39, 0.29) is 5.91 Å². The molecule has 0 atom stereocenters. The fourth-order valence-electron chi connectivity index (χ4n) is 1.73. The number of amides is 1. The zero-order valence-corrected chi connectivity index (χ0v) is 11.3. The summed E-state index contributed by atoms with van der Waals surface area (Å²) >= 11 is 1.57. The summed E-state index contributed by atoms with van der Waals surface area (Å²) in [5, 5.41) is 2.86. The Morgan fingerprint density at radius 1 is 1.16 bits per heavy atom. The molecule has 98 valence electrons. The van der Waals surface area contributed by atoms with Crippen LogP contribution < -0.4 is 16.8 Å². The topological polar surface area (TPSA) is 81.1 Å². The van der Waals surface area contributed by atoms with Crippen LogP contribution in [-0.2, 0) is 0 Å². The van der Waals surface area contributed by atoms with Crippen LogP contribution in [0.2, 0.25) is 0 Å². The highest BCUT2D eigenvalue weighted by atomic mass is 32.2. The fraction of sp³-hybridized carbons (Fsp3) is 0.0714. The van der Waals surface area contributed by atoms with Gasteiger partial charge in [0.15, 0.2) is 0 Å². The van der Waals surface area contributed by atoms with Gasteiger partial charge in [-0.2, -0.15) is 0 Å². The van der Waals surface area contributed by atoms with Crippen molar-refractivity contribution < 1.29 is 4.79 Å². The summed E-state index contributed by atoms with van der Waals surface area (Å²) in [6, 6.07) is 12.5. The molecule has 0 radical (unpaired) electrons. The first-order chi connectivity index (χ1) is 9.11. The molecule has 5 heteroatoms. The summed E-state index contributed by atoms with van der Waals surface area (Å²) in [5.41, 5.74) is 13.5. The summed E-state index contributed by atoms with van der Waals surface area (Å²) in [6.45, 7) is 0. The number of rotatable bonds is 3. The minimum atomic E-state index is -0.237. The van der Waals surface area contributed by atoms with Crippen molar-refractivity contribution in [3.8, 4) is 0 Å². The van der Waals surface area contributed by atoms with Gasteiger partial charge in [0.1, 0.15) is 0 Å². The van der Waals surface area contributed by atoms with E-state index in [0.717, 1.165) is 10.6 Å². The summed E-state index contributed by atoms with van der Waals surface area (Å²) in [5.74, 6) is -0.237. The van der Waals surface area contributed by atoms with Crippen molar-refractivity contribution in [2.75, 3.05) is 23.0 Å². The molecule has 0 unspecified atom stereocenters. The Morgan fingerprint density at radius 3 is 2.58 bits per heavy atom. The number of para-hydroxylation sites is 1. The van der Waals surface area contributed by atoms with Crippen molar-refractivity contribution in [3.63, 3.8) is 0 Å². The van der Waals surface area contributed by atoms with E-state index in [2.05, 4.69) is 5.32 Å². The Labute approximate surface area is 116 Å². The second-order valence-electron chi connectivity index (χ2n) is 4.00. The van der Waals surface area contributed by atoms with Gasteiger partial charge in [0.05, 0.1) is 11.3 Å². The summed E-state index contributed by atoms with van der Waals surface area (Å²) < 4.78 is 0. The summed E-state index contributed by atoms with van der Waals surface area (Å²) in [7, 11) is 0. The van der Waals surface area contributed by atoms with Crippen LogP contribution in [0.5, 0.6) is 0 Å². The standard InChI is InChI=1S/C14H15N3OS/c1-19-13-5-3-2-4-12(13)17-14(18)10-7-6-9(15)8-11(10)16/h2-8H,15-16H2,1H3,(H,17,18). The van der Waals surface area contributed by atoms with Crippen LogP contribution in [0.1, 0.15) is 10.4 Å². The molecule has 2 rings (SSSR count). The first-order valence-corrected chi connectivity index (χ1v) is 6.93. The van der Waals surface area contributed by atoms with Crippen molar-refractivity contribution >= 4 is 34.7 Å². The maximum Gasteiger partial charge on any atom is 0.257 e. The third kappa shape index (κ3) is 3.00. The monoisotopic (exact) mass is 273 g/mol. The molecule has 0 aliphatic carbocycles. The number of nitrogen functional groups attached to an aromatic ring is 2. The highest BCUT2D eigenvalue weighted by Crippen LogP contribution is 2.26. The minimum absolute atomic E-state index is 0.237. The van der Waals surface area contributed by atoms with E-state index in [0.29, 0.717) is 16.9 Å². The number of thioether (sulfide) groups is 1. The predicted octanol–water partition coefficient (Wildman–Crippen LogP) is 2.83. The maximum absolute atomic E-state index is 12.2. The Kier molecular flexibility index (Phi) is 3.97. The number of nitrogens with two attached hydrogens (primary N) is 2. The van der Waals surface area contributed by atoms with Crippen LogP contribution in [0.4, 0.5) is 17.1 Å². The highest BCUT2D eigenvalue weighted by molar-refractivity contribution is 7.98. The number of carbonyl (C=O) groups excluding carboxylic acids is 1. The molecule has 0 aliphatic rings. The molecule has 4 nitrogen and oxygen atoms in total. The molecular formula is C14H15N3OS. The molecule has 0 heterocycles. The van der Waals surface area contributed by atoms with Crippen molar-refractivity contribution in [3.05, 3.63) is 48.0 Å². The van der Waals surface area contributed by atoms with Gasteiger partial charge in [-0.25, -0.2) is 0 Å². The number of anilines is 3. The lowest BCUT2D eigenvalue weighted by Crippen LogP contribution is -2.14. The molecule has 19 heavy (non-hydrogen) atoms. The van der Waals surface area contributed by atoms with E-state index in [1.54, 1.807) is 30.0 Å². The molecule has 0 aliphatic heterocycles. The molecule has 0 aromatic heterocycles. The second kappa shape index (κ2) is 5.67. The van der Waals surface area contributed by atoms with Crippen LogP contribution in [0.15, 0.2) is 47.4 Å². The fourth-order valence-corrected chi connectivity index (χ4v) is 2.28. The van der Waals surface area contributed by atoms with E-state index in [9.17, 15) is 4.79 Å². The minimum Gasteiger partial charge on any atom is -0.399 e. The number of hydrogen-bond donors (Lipinski definition) is 3. The molecule has 0 spiro atoms. The van der Waals surface area contributed by atoms with Crippen LogP contribution in [0, 0.1) is 0 Å². The molecule has 2 aromatic carbocycles. The van der Waals surface area contributed by atoms with Crippen molar-refractivity contribution in [2.45, 2.75) is 4.90 Å². The van der Waals surface area contributed by atoms with Crippen LogP contribution in [0.25, 0.3) is 0 Å². The zero-order valence-electron chi connectivity index (χ0n) is 10.5. The lowest BCUT2D eigenvalue weighted by Gasteiger charge is -2.10. The van der Waals surface area contributed by atoms with E-state index in [1.165, 1.54) is 0 Å². The van der Waals surface area contributed by atoms with Gasteiger partial charge in [0.25, 0.3) is 5.91 Å². The van der Waals surface area contributed by atoms with Gasteiger partial charge in [-0.3, -0.25) is 4.79 Å². The van der Waals surface area contributed by atoms with Gasteiger partial charge >= 0.3 is 0 Å². The quantitative estimate of drug-likeness (QED) is 0.593. The normalized spacial score (nSPS) is 10.2. The van der Waals surface area contributed by atoms with Gasteiger partial charge in [-0.1, -0.05) is 12.1 Å². The maximum atomic E-state index is 12.2. The van der Waals surface area contributed by atoms with Crippen molar-refractivity contribution in [1.29, 1.82) is 0 Å². The molecular weight excluding hydrogens is 258 g/mol. The predicted molar refractivity (Wildman–Crippen MR) is 81.4 cm³/mol. The van der Waals surface area contributed by atoms with Crippen molar-refractivity contribution in [2.24, 2.45) is 0 Å². The number of nitrogens with one attached hydrogen (secondary N) is 1. The van der Waals surface area contributed by atoms with Gasteiger partial charge < -0.3 is 16.8 Å². The molecule has 0 bridgehead atoms. The summed E-state index contributed by atoms with van der Waals surface area (Å²) in [6.07, 6.45) is 1.96. The van der Waals surface area contributed by atoms with Crippen LogP contribution in [-0.4, -0.2) is 12.2 Å². The number of benzene rings is 2.